The number of hydrogen-bond acceptors (Lipinski definition) is 2. The topological polar surface area (TPSA) is 28.1 Å². The van der Waals surface area contributed by atoms with Gasteiger partial charge in [-0.3, -0.25) is 4.99 Å². The first kappa shape index (κ1) is 14.3. The number of rotatable bonds is 5. The molecule has 0 N–H and O–H groups in total. The summed E-state index contributed by atoms with van der Waals surface area (Å²) in [5.41, 5.74) is 0. The van der Waals surface area contributed by atoms with E-state index >= 15 is 0 Å². The SMILES string of the molecule is CCOC1CC(CCN=C(N(C)C)N(C)C)C1. The van der Waals surface area contributed by atoms with E-state index in [0.29, 0.717) is 6.10 Å². The van der Waals surface area contributed by atoms with Crippen molar-refractivity contribution in [3.63, 3.8) is 0 Å². The van der Waals surface area contributed by atoms with Crippen LogP contribution in [0.25, 0.3) is 0 Å². The molecule has 0 saturated heterocycles. The van der Waals surface area contributed by atoms with Crippen LogP contribution in [0, 0.1) is 5.92 Å². The lowest BCUT2D eigenvalue weighted by atomic mass is 9.80. The van der Waals surface area contributed by atoms with Crippen molar-refractivity contribution in [2.75, 3.05) is 41.3 Å². The van der Waals surface area contributed by atoms with Crippen molar-refractivity contribution in [1.29, 1.82) is 0 Å². The number of nitrogens with zero attached hydrogens (tertiary/aromatic N) is 3. The first-order valence-corrected chi connectivity index (χ1v) is 6.55. The minimum Gasteiger partial charge on any atom is -0.378 e. The van der Waals surface area contributed by atoms with Gasteiger partial charge in [0.1, 0.15) is 0 Å². The van der Waals surface area contributed by atoms with E-state index in [1.54, 1.807) is 0 Å². The van der Waals surface area contributed by atoms with E-state index in [1.165, 1.54) is 19.3 Å². The third-order valence-electron chi connectivity index (χ3n) is 3.19. The van der Waals surface area contributed by atoms with Crippen LogP contribution in [0.15, 0.2) is 4.99 Å². The third kappa shape index (κ3) is 4.54. The lowest BCUT2D eigenvalue weighted by molar-refractivity contribution is -0.0257. The van der Waals surface area contributed by atoms with Gasteiger partial charge in [-0.15, -0.1) is 0 Å². The maximum Gasteiger partial charge on any atom is 0.195 e. The Hall–Kier alpha value is -0.770. The van der Waals surface area contributed by atoms with Gasteiger partial charge < -0.3 is 14.5 Å². The molecule has 0 radical (unpaired) electrons. The molecule has 0 amide bonds. The Balaban J connectivity index is 2.21. The number of guanidine groups is 1. The van der Waals surface area contributed by atoms with Crippen LogP contribution in [0.3, 0.4) is 0 Å². The van der Waals surface area contributed by atoms with Gasteiger partial charge in [0.25, 0.3) is 0 Å². The Kier molecular flexibility index (Phi) is 5.75. The van der Waals surface area contributed by atoms with Crippen molar-refractivity contribution in [2.24, 2.45) is 10.9 Å². The number of hydrogen-bond donors (Lipinski definition) is 0. The minimum atomic E-state index is 0.524. The normalized spacial score (nSPS) is 22.9. The molecule has 0 spiro atoms. The predicted octanol–water partition coefficient (Wildman–Crippen LogP) is 1.67. The van der Waals surface area contributed by atoms with Gasteiger partial charge in [-0.1, -0.05) is 0 Å². The zero-order valence-corrected chi connectivity index (χ0v) is 11.9. The molecule has 1 rings (SSSR count). The van der Waals surface area contributed by atoms with Crippen LogP contribution in [-0.2, 0) is 4.74 Å². The van der Waals surface area contributed by atoms with E-state index in [1.807, 2.05) is 28.2 Å². The van der Waals surface area contributed by atoms with Crippen LogP contribution >= 0.6 is 0 Å². The largest absolute Gasteiger partial charge is 0.378 e. The van der Waals surface area contributed by atoms with Crippen molar-refractivity contribution in [3.8, 4) is 0 Å². The first-order valence-electron chi connectivity index (χ1n) is 6.55. The summed E-state index contributed by atoms with van der Waals surface area (Å²) >= 11 is 0. The average molecular weight is 241 g/mol. The van der Waals surface area contributed by atoms with Crippen molar-refractivity contribution < 1.29 is 4.74 Å². The van der Waals surface area contributed by atoms with Crippen LogP contribution < -0.4 is 0 Å². The molecule has 4 heteroatoms. The monoisotopic (exact) mass is 241 g/mol. The zero-order valence-electron chi connectivity index (χ0n) is 11.9. The highest BCUT2D eigenvalue weighted by atomic mass is 16.5. The van der Waals surface area contributed by atoms with Gasteiger partial charge in [0.05, 0.1) is 6.10 Å². The number of aliphatic imine (C=N–C) groups is 1. The summed E-state index contributed by atoms with van der Waals surface area (Å²) in [5.74, 6) is 1.87. The zero-order chi connectivity index (χ0) is 12.8. The lowest BCUT2D eigenvalue weighted by Gasteiger charge is -2.34. The highest BCUT2D eigenvalue weighted by Gasteiger charge is 2.28. The van der Waals surface area contributed by atoms with Crippen LogP contribution in [0.1, 0.15) is 26.2 Å². The standard InChI is InChI=1S/C13H27N3O/c1-6-17-12-9-11(10-12)7-8-14-13(15(2)3)16(4)5/h11-12H,6-10H2,1-5H3. The molecule has 1 aliphatic rings. The lowest BCUT2D eigenvalue weighted by Crippen LogP contribution is -2.36. The van der Waals surface area contributed by atoms with Crippen LogP contribution in [0.2, 0.25) is 0 Å². The molecule has 4 nitrogen and oxygen atoms in total. The predicted molar refractivity (Wildman–Crippen MR) is 72.4 cm³/mol. The molecule has 0 heterocycles. The van der Waals surface area contributed by atoms with E-state index in [2.05, 4.69) is 21.7 Å². The molecule has 0 aromatic carbocycles. The molecule has 0 bridgehead atoms. The Morgan fingerprint density at radius 2 is 1.76 bits per heavy atom. The molecule has 0 aliphatic heterocycles. The van der Waals surface area contributed by atoms with Gasteiger partial charge in [-0.05, 0) is 32.1 Å². The third-order valence-corrected chi connectivity index (χ3v) is 3.19. The van der Waals surface area contributed by atoms with Crippen LogP contribution in [0.4, 0.5) is 0 Å². The summed E-state index contributed by atoms with van der Waals surface area (Å²) in [4.78, 5) is 8.76. The van der Waals surface area contributed by atoms with Gasteiger partial charge in [0.2, 0.25) is 0 Å². The molecular weight excluding hydrogens is 214 g/mol. The Labute approximate surface area is 106 Å². The van der Waals surface area contributed by atoms with Gasteiger partial charge in [0.15, 0.2) is 5.96 Å². The molecule has 17 heavy (non-hydrogen) atoms. The van der Waals surface area contributed by atoms with Crippen molar-refractivity contribution in [2.45, 2.75) is 32.3 Å². The fourth-order valence-electron chi connectivity index (χ4n) is 2.31. The maximum absolute atomic E-state index is 5.56. The smallest absolute Gasteiger partial charge is 0.195 e. The maximum atomic E-state index is 5.56. The average Bonchev–Trinajstić information content (AvgIpc) is 2.18. The summed E-state index contributed by atoms with van der Waals surface area (Å²) in [6, 6.07) is 0. The fraction of sp³-hybridized carbons (Fsp3) is 0.923. The van der Waals surface area contributed by atoms with Crippen LogP contribution in [-0.4, -0.2) is 63.2 Å². The highest BCUT2D eigenvalue weighted by molar-refractivity contribution is 5.79. The van der Waals surface area contributed by atoms with E-state index in [-0.39, 0.29) is 0 Å². The summed E-state index contributed by atoms with van der Waals surface area (Å²) in [6.07, 6.45) is 4.16. The van der Waals surface area contributed by atoms with Gasteiger partial charge >= 0.3 is 0 Å². The molecule has 1 saturated carbocycles. The van der Waals surface area contributed by atoms with Crippen LogP contribution in [0.5, 0.6) is 0 Å². The second-order valence-electron chi connectivity index (χ2n) is 5.17. The van der Waals surface area contributed by atoms with Gasteiger partial charge in [0, 0.05) is 41.3 Å². The fourth-order valence-corrected chi connectivity index (χ4v) is 2.31. The molecule has 0 aromatic heterocycles. The number of ether oxygens (including phenoxy) is 1. The summed E-state index contributed by atoms with van der Waals surface area (Å²) in [6.45, 7) is 3.84. The molecule has 1 fully saturated rings. The molecule has 0 atom stereocenters. The Morgan fingerprint density at radius 3 is 2.24 bits per heavy atom. The van der Waals surface area contributed by atoms with E-state index in [0.717, 1.165) is 25.0 Å². The Morgan fingerprint density at radius 1 is 1.18 bits per heavy atom. The Bertz CT molecular complexity index is 235. The van der Waals surface area contributed by atoms with Crippen molar-refractivity contribution in [3.05, 3.63) is 0 Å². The molecule has 1 aliphatic carbocycles. The molecule has 100 valence electrons. The summed E-state index contributed by atoms with van der Waals surface area (Å²) in [7, 11) is 8.14. The second-order valence-corrected chi connectivity index (χ2v) is 5.17. The first-order chi connectivity index (χ1) is 8.04. The van der Waals surface area contributed by atoms with Gasteiger partial charge in [-0.25, -0.2) is 0 Å². The summed E-state index contributed by atoms with van der Waals surface area (Å²) < 4.78 is 5.56. The molecule has 0 aromatic rings. The molecule has 0 unspecified atom stereocenters. The van der Waals surface area contributed by atoms with Crippen molar-refractivity contribution in [1.82, 2.24) is 9.80 Å². The van der Waals surface area contributed by atoms with E-state index in [9.17, 15) is 0 Å². The summed E-state index contributed by atoms with van der Waals surface area (Å²) in [5, 5.41) is 0. The highest BCUT2D eigenvalue weighted by Crippen LogP contribution is 2.32. The quantitative estimate of drug-likeness (QED) is 0.541. The minimum absolute atomic E-state index is 0.524. The van der Waals surface area contributed by atoms with Gasteiger partial charge in [-0.2, -0.15) is 0 Å². The van der Waals surface area contributed by atoms with Crippen molar-refractivity contribution >= 4 is 5.96 Å². The van der Waals surface area contributed by atoms with E-state index < -0.39 is 0 Å². The van der Waals surface area contributed by atoms with E-state index in [4.69, 9.17) is 4.74 Å². The second kappa shape index (κ2) is 6.84. The molecular formula is C13H27N3O.